The van der Waals surface area contributed by atoms with Gasteiger partial charge < -0.3 is 11.1 Å². The molecule has 2 aromatic rings. The van der Waals surface area contributed by atoms with Crippen LogP contribution in [0, 0.1) is 17.8 Å². The number of hydrogen-bond donors (Lipinski definition) is 2. The molecule has 1 heterocycles. The summed E-state index contributed by atoms with van der Waals surface area (Å²) in [5, 5.41) is 2.71. The fraction of sp³-hybridized carbons (Fsp3) is 0.188. The highest BCUT2D eigenvalue weighted by Crippen LogP contribution is 2.07. The smallest absolute Gasteiger partial charge is 0.228 e. The van der Waals surface area contributed by atoms with E-state index < -0.39 is 0 Å². The summed E-state index contributed by atoms with van der Waals surface area (Å²) >= 11 is 0. The van der Waals surface area contributed by atoms with E-state index in [0.717, 1.165) is 5.56 Å². The van der Waals surface area contributed by atoms with Crippen molar-refractivity contribution in [2.24, 2.45) is 5.92 Å². The Balaban J connectivity index is 2.15. The molecule has 0 bridgehead atoms. The van der Waals surface area contributed by atoms with Crippen LogP contribution in [0.1, 0.15) is 25.1 Å². The van der Waals surface area contributed by atoms with Crippen molar-refractivity contribution in [3.63, 3.8) is 0 Å². The number of carbonyl (C=O) groups excluding carboxylic acids is 1. The topological polar surface area (TPSA) is 80.9 Å². The average molecular weight is 280 g/mol. The van der Waals surface area contributed by atoms with Crippen LogP contribution >= 0.6 is 0 Å². The highest BCUT2D eigenvalue weighted by Gasteiger charge is 2.07. The zero-order chi connectivity index (χ0) is 15.2. The Kier molecular flexibility index (Phi) is 4.52. The summed E-state index contributed by atoms with van der Waals surface area (Å²) in [6.07, 6.45) is 1.38. The fourth-order valence-electron chi connectivity index (χ4n) is 1.47. The van der Waals surface area contributed by atoms with Gasteiger partial charge in [0.15, 0.2) is 0 Å². The highest BCUT2D eigenvalue weighted by molar-refractivity contribution is 5.91. The van der Waals surface area contributed by atoms with Crippen LogP contribution in [0.4, 0.5) is 11.5 Å². The lowest BCUT2D eigenvalue weighted by molar-refractivity contribution is -0.118. The van der Waals surface area contributed by atoms with Crippen molar-refractivity contribution in [3.8, 4) is 11.8 Å². The largest absolute Gasteiger partial charge is 0.399 e. The first-order valence-corrected chi connectivity index (χ1v) is 6.55. The van der Waals surface area contributed by atoms with Gasteiger partial charge in [0.1, 0.15) is 17.8 Å². The highest BCUT2D eigenvalue weighted by atomic mass is 16.1. The van der Waals surface area contributed by atoms with E-state index in [1.165, 1.54) is 6.33 Å². The van der Waals surface area contributed by atoms with Crippen LogP contribution in [-0.4, -0.2) is 15.9 Å². The SMILES string of the molecule is CC(C)C(=O)Nc1cc(C#Cc2ccc(N)cc2)ncn1. The van der Waals surface area contributed by atoms with Gasteiger partial charge in [-0.25, -0.2) is 9.97 Å². The monoisotopic (exact) mass is 280 g/mol. The third-order valence-corrected chi connectivity index (χ3v) is 2.69. The molecule has 5 heteroatoms. The summed E-state index contributed by atoms with van der Waals surface area (Å²) in [5.41, 5.74) is 7.70. The molecule has 1 amide bonds. The molecule has 0 aliphatic rings. The van der Waals surface area contributed by atoms with Gasteiger partial charge in [-0.05, 0) is 30.2 Å². The van der Waals surface area contributed by atoms with Crippen molar-refractivity contribution >= 4 is 17.4 Å². The standard InChI is InChI=1S/C16H16N4O/c1-11(2)16(21)20-15-9-14(18-10-19-15)8-5-12-3-6-13(17)7-4-12/h3-4,6-7,9-11H,17H2,1-2H3,(H,18,19,20,21). The molecule has 0 spiro atoms. The molecule has 0 unspecified atom stereocenters. The molecule has 0 aliphatic heterocycles. The van der Waals surface area contributed by atoms with E-state index in [2.05, 4.69) is 27.1 Å². The van der Waals surface area contributed by atoms with Gasteiger partial charge in [-0.3, -0.25) is 4.79 Å². The second-order valence-electron chi connectivity index (χ2n) is 4.80. The Bertz CT molecular complexity index is 696. The molecule has 3 N–H and O–H groups in total. The number of nitrogen functional groups attached to an aromatic ring is 1. The summed E-state index contributed by atoms with van der Waals surface area (Å²) in [5.74, 6) is 6.16. The number of rotatable bonds is 2. The summed E-state index contributed by atoms with van der Waals surface area (Å²) < 4.78 is 0. The van der Waals surface area contributed by atoms with Gasteiger partial charge in [0.2, 0.25) is 5.91 Å². The molecule has 106 valence electrons. The van der Waals surface area contributed by atoms with Gasteiger partial charge in [-0.1, -0.05) is 19.8 Å². The van der Waals surface area contributed by atoms with Crippen LogP contribution < -0.4 is 11.1 Å². The van der Waals surface area contributed by atoms with Crippen molar-refractivity contribution in [2.75, 3.05) is 11.1 Å². The van der Waals surface area contributed by atoms with Crippen molar-refractivity contribution in [2.45, 2.75) is 13.8 Å². The van der Waals surface area contributed by atoms with Crippen LogP contribution in [0.2, 0.25) is 0 Å². The van der Waals surface area contributed by atoms with Crippen molar-refractivity contribution in [1.82, 2.24) is 9.97 Å². The van der Waals surface area contributed by atoms with E-state index in [9.17, 15) is 4.79 Å². The van der Waals surface area contributed by atoms with E-state index >= 15 is 0 Å². The summed E-state index contributed by atoms with van der Waals surface area (Å²) in [6, 6.07) is 8.90. The Hall–Kier alpha value is -2.87. The molecule has 1 aromatic carbocycles. The molecule has 1 aromatic heterocycles. The van der Waals surface area contributed by atoms with Crippen LogP contribution in [0.3, 0.4) is 0 Å². The normalized spacial score (nSPS) is 9.86. The van der Waals surface area contributed by atoms with E-state index in [-0.39, 0.29) is 11.8 Å². The lowest BCUT2D eigenvalue weighted by Gasteiger charge is -2.06. The second-order valence-corrected chi connectivity index (χ2v) is 4.80. The number of amides is 1. The van der Waals surface area contributed by atoms with Crippen LogP contribution in [0.15, 0.2) is 36.7 Å². The Labute approximate surface area is 123 Å². The van der Waals surface area contributed by atoms with Crippen molar-refractivity contribution in [3.05, 3.63) is 47.9 Å². The summed E-state index contributed by atoms with van der Waals surface area (Å²) in [6.45, 7) is 3.64. The molecule has 5 nitrogen and oxygen atoms in total. The first-order valence-electron chi connectivity index (χ1n) is 6.55. The number of anilines is 2. The maximum absolute atomic E-state index is 11.6. The molecule has 0 saturated heterocycles. The maximum Gasteiger partial charge on any atom is 0.228 e. The molecular formula is C16H16N4O. The van der Waals surface area contributed by atoms with Gasteiger partial charge in [-0.15, -0.1) is 0 Å². The number of hydrogen-bond acceptors (Lipinski definition) is 4. The zero-order valence-corrected chi connectivity index (χ0v) is 11.9. The van der Waals surface area contributed by atoms with E-state index in [0.29, 0.717) is 17.2 Å². The van der Waals surface area contributed by atoms with Gasteiger partial charge in [-0.2, -0.15) is 0 Å². The molecule has 0 saturated carbocycles. The second kappa shape index (κ2) is 6.53. The zero-order valence-electron chi connectivity index (χ0n) is 11.9. The minimum absolute atomic E-state index is 0.0915. The van der Waals surface area contributed by atoms with Crippen LogP contribution in [0.25, 0.3) is 0 Å². The van der Waals surface area contributed by atoms with E-state index in [4.69, 9.17) is 5.73 Å². The quantitative estimate of drug-likeness (QED) is 0.651. The number of carbonyl (C=O) groups is 1. The van der Waals surface area contributed by atoms with Crippen LogP contribution in [-0.2, 0) is 4.79 Å². The Morgan fingerprint density at radius 3 is 2.57 bits per heavy atom. The van der Waals surface area contributed by atoms with E-state index in [1.54, 1.807) is 18.2 Å². The van der Waals surface area contributed by atoms with Crippen LogP contribution in [0.5, 0.6) is 0 Å². The molecule has 0 radical (unpaired) electrons. The van der Waals surface area contributed by atoms with E-state index in [1.807, 2.05) is 26.0 Å². The number of nitrogens with zero attached hydrogens (tertiary/aromatic N) is 2. The number of benzene rings is 1. The average Bonchev–Trinajstić information content (AvgIpc) is 2.47. The molecular weight excluding hydrogens is 264 g/mol. The van der Waals surface area contributed by atoms with Gasteiger partial charge in [0.05, 0.1) is 0 Å². The third-order valence-electron chi connectivity index (χ3n) is 2.69. The number of nitrogens with one attached hydrogen (secondary N) is 1. The molecule has 21 heavy (non-hydrogen) atoms. The minimum atomic E-state index is -0.107. The summed E-state index contributed by atoms with van der Waals surface area (Å²) in [7, 11) is 0. The van der Waals surface area contributed by atoms with Gasteiger partial charge in [0.25, 0.3) is 0 Å². The first kappa shape index (κ1) is 14.5. The fourth-order valence-corrected chi connectivity index (χ4v) is 1.47. The number of aromatic nitrogens is 2. The maximum atomic E-state index is 11.6. The van der Waals surface area contributed by atoms with Gasteiger partial charge in [0, 0.05) is 23.2 Å². The minimum Gasteiger partial charge on any atom is -0.399 e. The van der Waals surface area contributed by atoms with Crippen molar-refractivity contribution in [1.29, 1.82) is 0 Å². The van der Waals surface area contributed by atoms with Crippen molar-refractivity contribution < 1.29 is 4.79 Å². The number of nitrogens with two attached hydrogens (primary N) is 1. The summed E-state index contributed by atoms with van der Waals surface area (Å²) in [4.78, 5) is 19.7. The predicted octanol–water partition coefficient (Wildman–Crippen LogP) is 2.05. The molecule has 0 fully saturated rings. The molecule has 0 atom stereocenters. The molecule has 0 aliphatic carbocycles. The van der Waals surface area contributed by atoms with Gasteiger partial charge >= 0.3 is 0 Å². The Morgan fingerprint density at radius 1 is 1.19 bits per heavy atom. The lowest BCUT2D eigenvalue weighted by Crippen LogP contribution is -2.18. The Morgan fingerprint density at radius 2 is 1.90 bits per heavy atom. The third kappa shape index (κ3) is 4.32. The lowest BCUT2D eigenvalue weighted by atomic mass is 10.2. The molecule has 2 rings (SSSR count). The predicted molar refractivity (Wildman–Crippen MR) is 82.3 cm³/mol. The first-order chi connectivity index (χ1) is 10.0.